The fraction of sp³-hybridized carbons (Fsp3) is 0.125. The van der Waals surface area contributed by atoms with Crippen molar-refractivity contribution in [3.63, 3.8) is 0 Å². The second kappa shape index (κ2) is 6.88. The van der Waals surface area contributed by atoms with Crippen LogP contribution >= 0.6 is 0 Å². The van der Waals surface area contributed by atoms with Crippen molar-refractivity contribution in [1.82, 2.24) is 28.7 Å². The first-order chi connectivity index (χ1) is 19.3. The zero-order valence-corrected chi connectivity index (χ0v) is 20.8. The minimum absolute atomic E-state index is 0.659. The number of hydrogen-bond donors (Lipinski definition) is 0. The molecule has 0 amide bonds. The number of aryl methyl sites for hydroxylation is 4. The van der Waals surface area contributed by atoms with Crippen LogP contribution in [0.1, 0.15) is 22.5 Å². The summed E-state index contributed by atoms with van der Waals surface area (Å²) < 4.78 is 11.0. The number of imidazole rings is 2. The molecule has 7 nitrogen and oxygen atoms in total. The summed E-state index contributed by atoms with van der Waals surface area (Å²) in [5.41, 5.74) is 11.4. The second-order valence-corrected chi connectivity index (χ2v) is 10.7. The Hall–Kier alpha value is -5.04. The number of pyridine rings is 4. The molecular weight excluding hydrogens is 484 g/mol. The summed E-state index contributed by atoms with van der Waals surface area (Å²) in [6, 6.07) is 17.1. The highest BCUT2D eigenvalue weighted by Crippen LogP contribution is 2.38. The van der Waals surface area contributed by atoms with Gasteiger partial charge in [-0.1, -0.05) is 36.4 Å². The van der Waals surface area contributed by atoms with E-state index in [9.17, 15) is 0 Å². The maximum atomic E-state index is 6.41. The van der Waals surface area contributed by atoms with Gasteiger partial charge in [-0.05, 0) is 48.9 Å². The predicted octanol–water partition coefficient (Wildman–Crippen LogP) is 6.37. The van der Waals surface area contributed by atoms with Gasteiger partial charge in [-0.2, -0.15) is 0 Å². The van der Waals surface area contributed by atoms with Crippen LogP contribution in [0.15, 0.2) is 73.3 Å². The van der Waals surface area contributed by atoms with E-state index in [2.05, 4.69) is 57.3 Å². The van der Waals surface area contributed by atoms with Gasteiger partial charge in [-0.25, -0.2) is 9.97 Å². The van der Waals surface area contributed by atoms with Crippen molar-refractivity contribution in [2.45, 2.75) is 25.7 Å². The molecule has 0 fully saturated rings. The number of aromatic nitrogens is 6. The molecule has 0 N–H and O–H groups in total. The van der Waals surface area contributed by atoms with E-state index in [0.717, 1.165) is 69.6 Å². The highest BCUT2D eigenvalue weighted by atomic mass is 16.5. The maximum Gasteiger partial charge on any atom is 0.147 e. The van der Waals surface area contributed by atoms with Crippen molar-refractivity contribution in [3.05, 3.63) is 95.8 Å². The molecule has 39 heavy (non-hydrogen) atoms. The Morgan fingerprint density at radius 1 is 0.538 bits per heavy atom. The van der Waals surface area contributed by atoms with Crippen molar-refractivity contribution < 1.29 is 4.74 Å². The summed E-state index contributed by atoms with van der Waals surface area (Å²) in [5.74, 6) is 1.32. The standard InChI is InChI=1S/C32H20N6O/c1-3-17-7-9-19-13-35-31-25-11-21(15-33-27(25)23(5-1)29(17)37(19)31)39-22-12-26-28(34-16-22)24-6-2-4-18-8-10-20-14-36-32(26)38(20)30(18)24/h1-6,11-16H,7-10H2. The monoisotopic (exact) mass is 504 g/mol. The molecule has 0 saturated carbocycles. The summed E-state index contributed by atoms with van der Waals surface area (Å²) >= 11 is 0. The maximum absolute atomic E-state index is 6.41. The van der Waals surface area contributed by atoms with E-state index in [0.29, 0.717) is 11.5 Å². The molecular formula is C32H20N6O. The van der Waals surface area contributed by atoms with Crippen molar-refractivity contribution in [1.29, 1.82) is 0 Å². The van der Waals surface area contributed by atoms with Crippen LogP contribution in [0.2, 0.25) is 0 Å². The Kier molecular flexibility index (Phi) is 3.53. The fourth-order valence-electron chi connectivity index (χ4n) is 6.94. The van der Waals surface area contributed by atoms with Gasteiger partial charge in [-0.3, -0.25) is 18.8 Å². The molecule has 2 aromatic carbocycles. The lowest BCUT2D eigenvalue weighted by atomic mass is 9.99. The smallest absolute Gasteiger partial charge is 0.147 e. The SMILES string of the molecule is c1cc2c3c(c1)c1ncc(Oc4cnc5c(c4)c4ncc6n4c4c(cccc54)CC6)cc1c1ncc(n13)CC2. The summed E-state index contributed by atoms with van der Waals surface area (Å²) in [6.45, 7) is 0. The normalized spacial score (nSPS) is 14.3. The summed E-state index contributed by atoms with van der Waals surface area (Å²) in [4.78, 5) is 19.4. The average Bonchev–Trinajstić information content (AvgIpc) is 3.62. The molecule has 2 aliphatic rings. The Bertz CT molecular complexity index is 2210. The Morgan fingerprint density at radius 2 is 1.05 bits per heavy atom. The average molecular weight is 505 g/mol. The van der Waals surface area contributed by atoms with E-state index in [1.165, 1.54) is 33.5 Å². The first kappa shape index (κ1) is 20.0. The summed E-state index contributed by atoms with van der Waals surface area (Å²) in [5, 5.41) is 4.27. The van der Waals surface area contributed by atoms with Gasteiger partial charge in [0.25, 0.3) is 0 Å². The minimum Gasteiger partial charge on any atom is -0.454 e. The summed E-state index contributed by atoms with van der Waals surface area (Å²) in [7, 11) is 0. The van der Waals surface area contributed by atoms with Crippen molar-refractivity contribution in [2.24, 2.45) is 0 Å². The third kappa shape index (κ3) is 2.48. The van der Waals surface area contributed by atoms with Gasteiger partial charge in [0.1, 0.15) is 22.8 Å². The quantitative estimate of drug-likeness (QED) is 0.256. The van der Waals surface area contributed by atoms with E-state index in [4.69, 9.17) is 24.7 Å². The van der Waals surface area contributed by atoms with Crippen LogP contribution in [0, 0.1) is 0 Å². The van der Waals surface area contributed by atoms with Gasteiger partial charge >= 0.3 is 0 Å². The zero-order valence-electron chi connectivity index (χ0n) is 20.8. The largest absolute Gasteiger partial charge is 0.454 e. The molecule has 10 rings (SSSR count). The second-order valence-electron chi connectivity index (χ2n) is 10.7. The lowest BCUT2D eigenvalue weighted by Crippen LogP contribution is -2.07. The third-order valence-electron chi connectivity index (χ3n) is 8.61. The lowest BCUT2D eigenvalue weighted by Gasteiger charge is -2.18. The van der Waals surface area contributed by atoms with Gasteiger partial charge in [0.15, 0.2) is 0 Å². The molecule has 0 saturated heterocycles. The first-order valence-corrected chi connectivity index (χ1v) is 13.4. The Labute approximate surface area is 221 Å². The number of hydrogen-bond acceptors (Lipinski definition) is 5. The molecule has 7 heteroatoms. The number of rotatable bonds is 2. The van der Waals surface area contributed by atoms with Crippen molar-refractivity contribution in [2.75, 3.05) is 0 Å². The van der Waals surface area contributed by atoms with Crippen molar-refractivity contribution in [3.8, 4) is 11.5 Å². The van der Waals surface area contributed by atoms with Crippen LogP contribution in [-0.4, -0.2) is 28.7 Å². The van der Waals surface area contributed by atoms with Gasteiger partial charge in [0, 0.05) is 45.3 Å². The molecule has 2 aliphatic heterocycles. The van der Waals surface area contributed by atoms with Crippen LogP contribution in [0.5, 0.6) is 11.5 Å². The van der Waals surface area contributed by atoms with Crippen molar-refractivity contribution >= 4 is 54.9 Å². The third-order valence-corrected chi connectivity index (χ3v) is 8.61. The molecule has 0 spiro atoms. The Morgan fingerprint density at radius 3 is 1.56 bits per heavy atom. The molecule has 8 aromatic rings. The van der Waals surface area contributed by atoms with E-state index in [1.54, 1.807) is 12.4 Å². The fourth-order valence-corrected chi connectivity index (χ4v) is 6.94. The van der Waals surface area contributed by atoms with Gasteiger partial charge in [-0.15, -0.1) is 0 Å². The zero-order chi connectivity index (χ0) is 25.2. The topological polar surface area (TPSA) is 69.6 Å². The highest BCUT2D eigenvalue weighted by Gasteiger charge is 2.22. The minimum atomic E-state index is 0.659. The van der Waals surface area contributed by atoms with E-state index in [1.807, 2.05) is 12.4 Å². The van der Waals surface area contributed by atoms with E-state index in [-0.39, 0.29) is 0 Å². The van der Waals surface area contributed by atoms with Crippen LogP contribution in [0.3, 0.4) is 0 Å². The number of ether oxygens (including phenoxy) is 1. The molecule has 8 heterocycles. The molecule has 0 atom stereocenters. The van der Waals surface area contributed by atoms with E-state index >= 15 is 0 Å². The number of nitrogens with zero attached hydrogens (tertiary/aromatic N) is 6. The van der Waals surface area contributed by atoms with Crippen LogP contribution in [-0.2, 0) is 25.7 Å². The van der Waals surface area contributed by atoms with Gasteiger partial charge in [0.05, 0.1) is 34.5 Å². The number of para-hydroxylation sites is 2. The van der Waals surface area contributed by atoms with Gasteiger partial charge < -0.3 is 4.74 Å². The highest BCUT2D eigenvalue weighted by molar-refractivity contribution is 6.12. The molecule has 0 unspecified atom stereocenters. The molecule has 0 bridgehead atoms. The number of fused-ring (bicyclic) bond motifs is 6. The van der Waals surface area contributed by atoms with Crippen LogP contribution in [0.25, 0.3) is 54.9 Å². The number of benzene rings is 2. The van der Waals surface area contributed by atoms with Gasteiger partial charge in [0.2, 0.25) is 0 Å². The predicted molar refractivity (Wildman–Crippen MR) is 151 cm³/mol. The molecule has 6 aromatic heterocycles. The Balaban J connectivity index is 1.18. The van der Waals surface area contributed by atoms with Crippen LogP contribution in [0.4, 0.5) is 0 Å². The lowest BCUT2D eigenvalue weighted by molar-refractivity contribution is 0.480. The summed E-state index contributed by atoms with van der Waals surface area (Å²) in [6.07, 6.45) is 11.6. The molecule has 0 aliphatic carbocycles. The molecule has 0 radical (unpaired) electrons. The van der Waals surface area contributed by atoms with Crippen LogP contribution < -0.4 is 4.74 Å². The molecule has 184 valence electrons. The first-order valence-electron chi connectivity index (χ1n) is 13.4. The van der Waals surface area contributed by atoms with E-state index < -0.39 is 0 Å².